The standard InChI is InChI=1S/C14H21N3O2.CH4/c1-10(2)12(18)14(3)5-7-17(13(14)19)6-4-11-8-15-9-16-11;/h8-10H,4-7H2,1-3H3,(H,15,16);1H4. The van der Waals surface area contributed by atoms with Gasteiger partial charge in [0, 0.05) is 37.3 Å². The van der Waals surface area contributed by atoms with Crippen LogP contribution >= 0.6 is 0 Å². The topological polar surface area (TPSA) is 66.1 Å². The van der Waals surface area contributed by atoms with Gasteiger partial charge >= 0.3 is 0 Å². The van der Waals surface area contributed by atoms with Crippen molar-refractivity contribution in [3.05, 3.63) is 18.2 Å². The quantitative estimate of drug-likeness (QED) is 0.839. The van der Waals surface area contributed by atoms with Crippen LogP contribution in [-0.4, -0.2) is 39.6 Å². The molecule has 1 aromatic heterocycles. The van der Waals surface area contributed by atoms with Crippen molar-refractivity contribution in [1.29, 1.82) is 0 Å². The van der Waals surface area contributed by atoms with Gasteiger partial charge in [-0.25, -0.2) is 4.98 Å². The summed E-state index contributed by atoms with van der Waals surface area (Å²) < 4.78 is 0. The monoisotopic (exact) mass is 279 g/mol. The first-order valence-electron chi connectivity index (χ1n) is 6.76. The molecule has 0 radical (unpaired) electrons. The van der Waals surface area contributed by atoms with Crippen molar-refractivity contribution in [3.63, 3.8) is 0 Å². The van der Waals surface area contributed by atoms with Gasteiger partial charge in [0.05, 0.1) is 6.33 Å². The zero-order chi connectivity index (χ0) is 14.0. The first-order valence-corrected chi connectivity index (χ1v) is 6.76. The number of rotatable bonds is 5. The Bertz CT molecular complexity index is 467. The number of amides is 1. The second-order valence-electron chi connectivity index (χ2n) is 5.72. The highest BCUT2D eigenvalue weighted by Gasteiger charge is 2.48. The summed E-state index contributed by atoms with van der Waals surface area (Å²) in [5.74, 6) is -0.0613. The molecule has 1 aromatic rings. The van der Waals surface area contributed by atoms with Crippen LogP contribution in [0.1, 0.15) is 40.3 Å². The number of nitrogens with one attached hydrogen (secondary N) is 1. The van der Waals surface area contributed by atoms with E-state index in [1.54, 1.807) is 24.3 Å². The number of H-pyrrole nitrogens is 1. The predicted octanol–water partition coefficient (Wildman–Crippen LogP) is 2.05. The predicted molar refractivity (Wildman–Crippen MR) is 78.2 cm³/mol. The van der Waals surface area contributed by atoms with Gasteiger partial charge in [-0.2, -0.15) is 0 Å². The van der Waals surface area contributed by atoms with Crippen molar-refractivity contribution in [2.45, 2.75) is 41.0 Å². The molecule has 0 saturated carbocycles. The fourth-order valence-electron chi connectivity index (χ4n) is 2.67. The lowest BCUT2D eigenvalue weighted by Crippen LogP contribution is -2.40. The molecule has 1 saturated heterocycles. The van der Waals surface area contributed by atoms with Crippen LogP contribution < -0.4 is 0 Å². The Morgan fingerprint density at radius 2 is 2.25 bits per heavy atom. The van der Waals surface area contributed by atoms with E-state index in [1.165, 1.54) is 0 Å². The summed E-state index contributed by atoms with van der Waals surface area (Å²) in [7, 11) is 0. The Morgan fingerprint density at radius 1 is 1.55 bits per heavy atom. The molecule has 5 heteroatoms. The normalized spacial score (nSPS) is 22.2. The smallest absolute Gasteiger partial charge is 0.236 e. The molecule has 1 aliphatic rings. The van der Waals surface area contributed by atoms with E-state index in [9.17, 15) is 9.59 Å². The summed E-state index contributed by atoms with van der Waals surface area (Å²) in [6.45, 7) is 6.81. The minimum absolute atomic E-state index is 0. The van der Waals surface area contributed by atoms with E-state index in [0.717, 1.165) is 12.1 Å². The third-order valence-corrected chi connectivity index (χ3v) is 3.92. The zero-order valence-corrected chi connectivity index (χ0v) is 11.8. The van der Waals surface area contributed by atoms with Crippen molar-refractivity contribution in [2.75, 3.05) is 13.1 Å². The van der Waals surface area contributed by atoms with Crippen molar-refractivity contribution >= 4 is 11.7 Å². The van der Waals surface area contributed by atoms with Gasteiger partial charge in [-0.15, -0.1) is 0 Å². The van der Waals surface area contributed by atoms with Gasteiger partial charge in [0.25, 0.3) is 0 Å². The third kappa shape index (κ3) is 2.92. The molecule has 1 fully saturated rings. The highest BCUT2D eigenvalue weighted by molar-refractivity contribution is 6.07. The minimum Gasteiger partial charge on any atom is -0.348 e. The Hall–Kier alpha value is -1.65. The molecule has 5 nitrogen and oxygen atoms in total. The number of ketones is 1. The fraction of sp³-hybridized carbons (Fsp3) is 0.667. The Kier molecular flexibility index (Phi) is 5.09. The molecule has 1 unspecified atom stereocenters. The average molecular weight is 279 g/mol. The van der Waals surface area contributed by atoms with Gasteiger partial charge < -0.3 is 9.88 Å². The molecule has 112 valence electrons. The van der Waals surface area contributed by atoms with E-state index in [-0.39, 0.29) is 25.0 Å². The van der Waals surface area contributed by atoms with Crippen LogP contribution in [0.2, 0.25) is 0 Å². The van der Waals surface area contributed by atoms with E-state index in [1.807, 2.05) is 13.8 Å². The first kappa shape index (κ1) is 16.4. The number of aromatic amines is 1. The summed E-state index contributed by atoms with van der Waals surface area (Å²) in [5.41, 5.74) is 0.193. The van der Waals surface area contributed by atoms with E-state index in [4.69, 9.17) is 0 Å². The van der Waals surface area contributed by atoms with Crippen LogP contribution in [0.15, 0.2) is 12.5 Å². The SMILES string of the molecule is C.CC(C)C(=O)C1(C)CCN(CCc2cnc[nH]2)C1=O. The summed E-state index contributed by atoms with van der Waals surface area (Å²) >= 11 is 0. The van der Waals surface area contributed by atoms with Crippen molar-refractivity contribution in [2.24, 2.45) is 11.3 Å². The maximum Gasteiger partial charge on any atom is 0.236 e. The molecule has 1 amide bonds. The van der Waals surface area contributed by atoms with Crippen LogP contribution in [0.4, 0.5) is 0 Å². The Labute approximate surface area is 120 Å². The fourth-order valence-corrected chi connectivity index (χ4v) is 2.67. The van der Waals surface area contributed by atoms with Gasteiger partial charge in [-0.3, -0.25) is 9.59 Å². The number of imidazole rings is 1. The maximum absolute atomic E-state index is 12.4. The molecule has 20 heavy (non-hydrogen) atoms. The van der Waals surface area contributed by atoms with E-state index >= 15 is 0 Å². The van der Waals surface area contributed by atoms with Crippen LogP contribution in [0.5, 0.6) is 0 Å². The molecular weight excluding hydrogens is 254 g/mol. The lowest BCUT2D eigenvalue weighted by molar-refractivity contribution is -0.144. The largest absolute Gasteiger partial charge is 0.348 e. The average Bonchev–Trinajstić information content (AvgIpc) is 2.98. The van der Waals surface area contributed by atoms with E-state index < -0.39 is 5.41 Å². The molecule has 1 N–H and O–H groups in total. The first-order chi connectivity index (χ1) is 8.95. The van der Waals surface area contributed by atoms with Crippen LogP contribution in [-0.2, 0) is 16.0 Å². The highest BCUT2D eigenvalue weighted by atomic mass is 16.2. The molecule has 1 atom stereocenters. The number of hydrogen-bond donors (Lipinski definition) is 1. The zero-order valence-electron chi connectivity index (χ0n) is 11.8. The van der Waals surface area contributed by atoms with Crippen molar-refractivity contribution < 1.29 is 9.59 Å². The number of aromatic nitrogens is 2. The number of carbonyl (C=O) groups excluding carboxylic acids is 2. The van der Waals surface area contributed by atoms with Crippen LogP contribution in [0.3, 0.4) is 0 Å². The number of hydrogen-bond acceptors (Lipinski definition) is 3. The van der Waals surface area contributed by atoms with E-state index in [0.29, 0.717) is 19.5 Å². The summed E-state index contributed by atoms with van der Waals surface area (Å²) in [6.07, 6.45) is 4.77. The Morgan fingerprint density at radius 3 is 2.80 bits per heavy atom. The number of Topliss-reactive ketones (excluding diaryl/α,β-unsaturated/α-hetero) is 1. The number of nitrogens with zero attached hydrogens (tertiary/aromatic N) is 2. The summed E-state index contributed by atoms with van der Waals surface area (Å²) in [6, 6.07) is 0. The summed E-state index contributed by atoms with van der Waals surface area (Å²) in [4.78, 5) is 33.4. The minimum atomic E-state index is -0.817. The number of likely N-dealkylation sites (tertiary alicyclic amines) is 1. The van der Waals surface area contributed by atoms with Crippen LogP contribution in [0, 0.1) is 11.3 Å². The molecule has 1 aliphatic heterocycles. The van der Waals surface area contributed by atoms with Crippen molar-refractivity contribution in [1.82, 2.24) is 14.9 Å². The van der Waals surface area contributed by atoms with Gasteiger partial charge in [-0.05, 0) is 13.3 Å². The van der Waals surface area contributed by atoms with Gasteiger partial charge in [0.15, 0.2) is 5.78 Å². The molecule has 0 aromatic carbocycles. The lowest BCUT2D eigenvalue weighted by atomic mass is 9.79. The summed E-state index contributed by atoms with van der Waals surface area (Å²) in [5, 5.41) is 0. The van der Waals surface area contributed by atoms with Gasteiger partial charge in [-0.1, -0.05) is 21.3 Å². The third-order valence-electron chi connectivity index (χ3n) is 3.92. The maximum atomic E-state index is 12.4. The second kappa shape index (κ2) is 6.20. The van der Waals surface area contributed by atoms with Crippen LogP contribution in [0.25, 0.3) is 0 Å². The molecule has 2 heterocycles. The highest BCUT2D eigenvalue weighted by Crippen LogP contribution is 2.34. The van der Waals surface area contributed by atoms with E-state index in [2.05, 4.69) is 9.97 Å². The lowest BCUT2D eigenvalue weighted by Gasteiger charge is -2.23. The molecule has 0 aliphatic carbocycles. The Balaban J connectivity index is 0.00000200. The molecular formula is C15H25N3O2. The second-order valence-corrected chi connectivity index (χ2v) is 5.72. The van der Waals surface area contributed by atoms with Gasteiger partial charge in [0.2, 0.25) is 5.91 Å². The van der Waals surface area contributed by atoms with Crippen molar-refractivity contribution in [3.8, 4) is 0 Å². The molecule has 0 bridgehead atoms. The molecule has 2 rings (SSSR count). The molecule has 0 spiro atoms. The number of carbonyl (C=O) groups is 2. The van der Waals surface area contributed by atoms with Gasteiger partial charge in [0.1, 0.15) is 5.41 Å².